The molecule has 3 heterocycles. The first-order valence-electron chi connectivity index (χ1n) is 13.5. The molecule has 3 aromatic carbocycles. The molecule has 12 heteroatoms. The summed E-state index contributed by atoms with van der Waals surface area (Å²) in [6, 6.07) is 19.4. The molecule has 0 saturated carbocycles. The van der Waals surface area contributed by atoms with Gasteiger partial charge in [0.05, 0.1) is 28.9 Å². The van der Waals surface area contributed by atoms with Crippen molar-refractivity contribution in [3.05, 3.63) is 95.4 Å². The van der Waals surface area contributed by atoms with Crippen molar-refractivity contribution in [2.45, 2.75) is 6.92 Å². The number of rotatable bonds is 6. The summed E-state index contributed by atoms with van der Waals surface area (Å²) in [6.45, 7) is 1.80. The Kier molecular flexibility index (Phi) is 7.08. The van der Waals surface area contributed by atoms with Gasteiger partial charge < -0.3 is 14.5 Å². The van der Waals surface area contributed by atoms with Gasteiger partial charge in [-0.05, 0) is 43.3 Å². The van der Waals surface area contributed by atoms with Gasteiger partial charge in [-0.1, -0.05) is 35.9 Å². The number of aromatic nitrogens is 1. The molecule has 224 valence electrons. The van der Waals surface area contributed by atoms with Crippen LogP contribution in [0, 0.1) is 12.7 Å². The van der Waals surface area contributed by atoms with E-state index >= 15 is 0 Å². The third-order valence-electron chi connectivity index (χ3n) is 7.46. The van der Waals surface area contributed by atoms with Crippen LogP contribution in [0.5, 0.6) is 5.75 Å². The number of halogens is 1. The molecule has 0 saturated heterocycles. The number of fused-ring (bicyclic) bond motifs is 2. The molecule has 0 bridgehead atoms. The molecule has 1 aliphatic heterocycles. The van der Waals surface area contributed by atoms with Gasteiger partial charge in [-0.15, -0.1) is 0 Å². The topological polar surface area (TPSA) is 122 Å². The highest BCUT2D eigenvalue weighted by Gasteiger charge is 2.31. The molecule has 10 nitrogen and oxygen atoms in total. The van der Waals surface area contributed by atoms with Gasteiger partial charge in [-0.2, -0.15) is 0 Å². The molecule has 0 unspecified atom stereocenters. The number of anilines is 2. The summed E-state index contributed by atoms with van der Waals surface area (Å²) >= 11 is 0. The van der Waals surface area contributed by atoms with Crippen molar-refractivity contribution in [3.8, 4) is 28.3 Å². The number of benzene rings is 3. The minimum absolute atomic E-state index is 0.0369. The van der Waals surface area contributed by atoms with E-state index in [0.29, 0.717) is 28.0 Å². The maximum Gasteiger partial charge on any atom is 0.283 e. The molecule has 0 fully saturated rings. The third-order valence-corrected chi connectivity index (χ3v) is 8.65. The van der Waals surface area contributed by atoms with Crippen molar-refractivity contribution >= 4 is 44.2 Å². The summed E-state index contributed by atoms with van der Waals surface area (Å²) in [5.41, 5.74) is 3.27. The Bertz CT molecular complexity index is 2080. The Labute approximate surface area is 252 Å². The van der Waals surface area contributed by atoms with Crippen LogP contribution >= 0.6 is 0 Å². The smallest absolute Gasteiger partial charge is 0.283 e. The van der Waals surface area contributed by atoms with Crippen molar-refractivity contribution < 1.29 is 31.6 Å². The Morgan fingerprint density at radius 3 is 2.50 bits per heavy atom. The van der Waals surface area contributed by atoms with Crippen molar-refractivity contribution in [1.82, 2.24) is 10.3 Å². The van der Waals surface area contributed by atoms with E-state index in [1.165, 1.54) is 43.3 Å². The fourth-order valence-corrected chi connectivity index (χ4v) is 5.57. The molecule has 0 atom stereocenters. The molecule has 5 aromatic rings. The number of nitrogens with one attached hydrogen (secondary N) is 1. The highest BCUT2D eigenvalue weighted by atomic mass is 32.2. The average molecular weight is 615 g/mol. The lowest BCUT2D eigenvalue weighted by Crippen LogP contribution is -2.39. The largest absolute Gasteiger partial charge is 0.470 e. The number of hydrogen-bond donors (Lipinski definition) is 1. The molecule has 0 radical (unpaired) electrons. The molecule has 2 amide bonds. The number of hydrogen-bond acceptors (Lipinski definition) is 7. The predicted octanol–water partition coefficient (Wildman–Crippen LogP) is 5.36. The number of carbonyl (C=O) groups is 2. The van der Waals surface area contributed by atoms with E-state index in [1.54, 1.807) is 24.3 Å². The first-order valence-corrected chi connectivity index (χ1v) is 15.4. The fourth-order valence-electron chi connectivity index (χ4n) is 5.06. The second-order valence-electron chi connectivity index (χ2n) is 10.4. The molecule has 6 rings (SSSR count). The van der Waals surface area contributed by atoms with Crippen LogP contribution < -0.4 is 19.3 Å². The molecular formula is C32H27FN4O6S. The second-order valence-corrected chi connectivity index (χ2v) is 12.4. The second kappa shape index (κ2) is 10.8. The van der Waals surface area contributed by atoms with E-state index in [2.05, 4.69) is 10.3 Å². The number of pyridine rings is 1. The fraction of sp³-hybridized carbons (Fsp3) is 0.156. The normalized spacial score (nSPS) is 13.0. The monoisotopic (exact) mass is 614 g/mol. The summed E-state index contributed by atoms with van der Waals surface area (Å²) < 4.78 is 52.5. The lowest BCUT2D eigenvalue weighted by molar-refractivity contribution is 0.0928. The quantitative estimate of drug-likeness (QED) is 0.273. The van der Waals surface area contributed by atoms with Gasteiger partial charge in [0.15, 0.2) is 18.2 Å². The zero-order chi connectivity index (χ0) is 31.3. The van der Waals surface area contributed by atoms with Crippen LogP contribution in [-0.4, -0.2) is 52.3 Å². The number of amides is 2. The minimum Gasteiger partial charge on any atom is -0.470 e. The van der Waals surface area contributed by atoms with Crippen LogP contribution in [-0.2, 0) is 10.0 Å². The van der Waals surface area contributed by atoms with Crippen LogP contribution in [0.15, 0.2) is 77.2 Å². The van der Waals surface area contributed by atoms with Crippen molar-refractivity contribution in [1.29, 1.82) is 0 Å². The van der Waals surface area contributed by atoms with Gasteiger partial charge in [-0.25, -0.2) is 17.8 Å². The molecule has 1 N–H and O–H groups in total. The summed E-state index contributed by atoms with van der Waals surface area (Å²) in [6.07, 6.45) is 1.06. The minimum atomic E-state index is -3.76. The molecule has 2 aromatic heterocycles. The summed E-state index contributed by atoms with van der Waals surface area (Å²) in [4.78, 5) is 32.6. The summed E-state index contributed by atoms with van der Waals surface area (Å²) in [5.74, 6) is -0.892. The maximum atomic E-state index is 13.9. The van der Waals surface area contributed by atoms with Gasteiger partial charge in [0.25, 0.3) is 11.8 Å². The van der Waals surface area contributed by atoms with Crippen molar-refractivity contribution in [2.24, 2.45) is 0 Å². The number of nitrogens with zero attached hydrogens (tertiary/aromatic N) is 3. The van der Waals surface area contributed by atoms with Crippen LogP contribution in [0.25, 0.3) is 33.6 Å². The molecule has 44 heavy (non-hydrogen) atoms. The van der Waals surface area contributed by atoms with Crippen LogP contribution in [0.4, 0.5) is 15.8 Å². The SMILES string of the molecule is CNC(=O)c1c(-c2ccc(C)cc2)oc2cc(N(C)S(C)(=O)=O)c(-c3ccc4c(n3)C(=O)N(c3cccc(F)c3)CO4)cc12. The lowest BCUT2D eigenvalue weighted by atomic mass is 10.00. The Balaban J connectivity index is 1.57. The standard InChI is InChI=1S/C32H27FN4O6S/c1-18-8-10-19(11-9-18)30-28(31(38)34-2)23-15-22(25(16-27(23)43-30)36(3)44(4,40)41)24-12-13-26-29(35-24)32(39)37(17-42-26)21-7-5-6-20(33)14-21/h5-16H,17H2,1-4H3,(H,34,38). The molecule has 1 aliphatic rings. The number of carbonyl (C=O) groups excluding carboxylic acids is 2. The first-order chi connectivity index (χ1) is 21.0. The lowest BCUT2D eigenvalue weighted by Gasteiger charge is -2.28. The summed E-state index contributed by atoms with van der Waals surface area (Å²) in [7, 11) is -0.866. The first kappa shape index (κ1) is 28.9. The molecular weight excluding hydrogens is 587 g/mol. The van der Waals surface area contributed by atoms with Crippen molar-refractivity contribution in [2.75, 3.05) is 36.3 Å². The van der Waals surface area contributed by atoms with Crippen molar-refractivity contribution in [3.63, 3.8) is 0 Å². The van der Waals surface area contributed by atoms with Gasteiger partial charge >= 0.3 is 0 Å². The predicted molar refractivity (Wildman–Crippen MR) is 165 cm³/mol. The van der Waals surface area contributed by atoms with Crippen LogP contribution in [0.3, 0.4) is 0 Å². The van der Waals surface area contributed by atoms with E-state index in [9.17, 15) is 22.4 Å². The van der Waals surface area contributed by atoms with Crippen LogP contribution in [0.1, 0.15) is 26.4 Å². The molecule has 0 spiro atoms. The number of furan rings is 1. The van der Waals surface area contributed by atoms with Gasteiger partial charge in [0.1, 0.15) is 17.2 Å². The van der Waals surface area contributed by atoms with Gasteiger partial charge in [0, 0.05) is 36.7 Å². The number of ether oxygens (including phenoxy) is 1. The van der Waals surface area contributed by atoms with E-state index in [4.69, 9.17) is 9.15 Å². The highest BCUT2D eigenvalue weighted by molar-refractivity contribution is 7.92. The van der Waals surface area contributed by atoms with E-state index in [1.807, 2.05) is 31.2 Å². The van der Waals surface area contributed by atoms with E-state index < -0.39 is 27.7 Å². The average Bonchev–Trinajstić information content (AvgIpc) is 3.38. The Hall–Kier alpha value is -5.23. The zero-order valence-electron chi connectivity index (χ0n) is 24.2. The number of sulfonamides is 1. The number of aryl methyl sites for hydroxylation is 1. The van der Waals surface area contributed by atoms with E-state index in [0.717, 1.165) is 16.1 Å². The van der Waals surface area contributed by atoms with Gasteiger partial charge in [-0.3, -0.25) is 18.8 Å². The zero-order valence-corrected chi connectivity index (χ0v) is 25.0. The maximum absolute atomic E-state index is 13.9. The van der Waals surface area contributed by atoms with E-state index in [-0.39, 0.29) is 40.7 Å². The molecule has 0 aliphatic carbocycles. The summed E-state index contributed by atoms with van der Waals surface area (Å²) in [5, 5.41) is 3.08. The highest BCUT2D eigenvalue weighted by Crippen LogP contribution is 2.42. The Morgan fingerprint density at radius 2 is 1.82 bits per heavy atom. The van der Waals surface area contributed by atoms with Gasteiger partial charge in [0.2, 0.25) is 10.0 Å². The Morgan fingerprint density at radius 1 is 1.07 bits per heavy atom. The third kappa shape index (κ3) is 5.02. The van der Waals surface area contributed by atoms with Crippen LogP contribution in [0.2, 0.25) is 0 Å².